The van der Waals surface area contributed by atoms with Gasteiger partial charge in [-0.15, -0.1) is 0 Å². The summed E-state index contributed by atoms with van der Waals surface area (Å²) in [5, 5.41) is 3.71. The zero-order valence-corrected chi connectivity index (χ0v) is 19.6. The quantitative estimate of drug-likeness (QED) is 0.506. The Bertz CT molecular complexity index is 1370. The zero-order valence-electron chi connectivity index (χ0n) is 18.0. The lowest BCUT2D eigenvalue weighted by Gasteiger charge is -2.13. The largest absolute Gasteiger partial charge is 0.322 e. The van der Waals surface area contributed by atoms with Gasteiger partial charge in [0.2, 0.25) is 10.0 Å². The van der Waals surface area contributed by atoms with E-state index in [4.69, 9.17) is 0 Å². The molecule has 0 unspecified atom stereocenters. The van der Waals surface area contributed by atoms with Crippen LogP contribution in [0.25, 0.3) is 6.08 Å². The van der Waals surface area contributed by atoms with Crippen LogP contribution in [0.5, 0.6) is 0 Å². The first-order chi connectivity index (χ1) is 15.6. The molecule has 0 aromatic heterocycles. The number of hydrogen-bond acceptors (Lipinski definition) is 5. The van der Waals surface area contributed by atoms with Gasteiger partial charge in [-0.3, -0.25) is 9.52 Å². The summed E-state index contributed by atoms with van der Waals surface area (Å²) in [7, 11) is -4.52. The highest BCUT2D eigenvalue weighted by atomic mass is 32.2. The summed E-state index contributed by atoms with van der Waals surface area (Å²) in [5.74, 6) is -0.465. The topological polar surface area (TPSA) is 113 Å². The number of sulfonamides is 2. The molecule has 3 aromatic carbocycles. The Balaban J connectivity index is 1.68. The van der Waals surface area contributed by atoms with E-state index in [-0.39, 0.29) is 10.5 Å². The van der Waals surface area contributed by atoms with Crippen molar-refractivity contribution in [1.29, 1.82) is 0 Å². The number of benzene rings is 3. The first-order valence-corrected chi connectivity index (χ1v) is 12.8. The van der Waals surface area contributed by atoms with Crippen molar-refractivity contribution >= 4 is 43.4 Å². The van der Waals surface area contributed by atoms with Crippen LogP contribution < -0.4 is 10.0 Å². The Morgan fingerprint density at radius 2 is 1.48 bits per heavy atom. The van der Waals surface area contributed by atoms with Crippen molar-refractivity contribution in [3.63, 3.8) is 0 Å². The van der Waals surface area contributed by atoms with E-state index in [0.29, 0.717) is 11.4 Å². The van der Waals surface area contributed by atoms with Gasteiger partial charge in [0.15, 0.2) is 0 Å². The average Bonchev–Trinajstić information content (AvgIpc) is 2.79. The van der Waals surface area contributed by atoms with Crippen LogP contribution in [0.1, 0.15) is 15.9 Å². The van der Waals surface area contributed by atoms with Crippen LogP contribution >= 0.6 is 0 Å². The second-order valence-corrected chi connectivity index (χ2v) is 10.9. The van der Waals surface area contributed by atoms with Gasteiger partial charge >= 0.3 is 0 Å². The molecule has 1 amide bonds. The molecule has 172 valence electrons. The fourth-order valence-electron chi connectivity index (χ4n) is 2.77. The van der Waals surface area contributed by atoms with Crippen molar-refractivity contribution in [2.24, 2.45) is 0 Å². The van der Waals surface area contributed by atoms with Crippen LogP contribution in [0.15, 0.2) is 89.2 Å². The fourth-order valence-corrected chi connectivity index (χ4v) is 4.59. The van der Waals surface area contributed by atoms with Crippen LogP contribution in [-0.4, -0.2) is 41.1 Å². The number of nitrogens with one attached hydrogen (secondary N) is 2. The Morgan fingerprint density at radius 3 is 2.12 bits per heavy atom. The monoisotopic (exact) mass is 485 g/mol. The molecule has 3 aromatic rings. The summed E-state index contributed by atoms with van der Waals surface area (Å²) in [5.41, 5.74) is 1.64. The minimum absolute atomic E-state index is 0.0543. The molecule has 0 saturated carbocycles. The lowest BCUT2D eigenvalue weighted by atomic mass is 10.2. The van der Waals surface area contributed by atoms with E-state index in [1.165, 1.54) is 62.6 Å². The normalized spacial score (nSPS) is 12.1. The van der Waals surface area contributed by atoms with Gasteiger partial charge < -0.3 is 5.32 Å². The highest BCUT2D eigenvalue weighted by Gasteiger charge is 2.18. The number of hydrogen-bond donors (Lipinski definition) is 2. The molecule has 2 N–H and O–H groups in total. The predicted octanol–water partition coefficient (Wildman–Crippen LogP) is 3.60. The Kier molecular flexibility index (Phi) is 7.32. The third kappa shape index (κ3) is 6.51. The molecule has 0 saturated heterocycles. The van der Waals surface area contributed by atoms with Gasteiger partial charge in [-0.1, -0.05) is 36.4 Å². The van der Waals surface area contributed by atoms with Crippen molar-refractivity contribution < 1.29 is 21.6 Å². The molecule has 33 heavy (non-hydrogen) atoms. The summed E-state index contributed by atoms with van der Waals surface area (Å²) in [6.07, 6.45) is 1.48. The number of amides is 1. The van der Waals surface area contributed by atoms with Crippen molar-refractivity contribution in [1.82, 2.24) is 4.31 Å². The van der Waals surface area contributed by atoms with Crippen molar-refractivity contribution in [2.75, 3.05) is 24.1 Å². The maximum Gasteiger partial charge on any atom is 0.255 e. The minimum Gasteiger partial charge on any atom is -0.322 e. The molecule has 3 rings (SSSR count). The van der Waals surface area contributed by atoms with E-state index in [9.17, 15) is 21.6 Å². The number of rotatable bonds is 8. The third-order valence-electron chi connectivity index (χ3n) is 4.52. The molecule has 10 heteroatoms. The van der Waals surface area contributed by atoms with Crippen LogP contribution in [-0.2, 0) is 20.0 Å². The minimum atomic E-state index is -3.73. The highest BCUT2D eigenvalue weighted by molar-refractivity contribution is 7.95. The van der Waals surface area contributed by atoms with E-state index in [2.05, 4.69) is 10.0 Å². The Morgan fingerprint density at radius 1 is 0.818 bits per heavy atom. The summed E-state index contributed by atoms with van der Waals surface area (Å²) < 4.78 is 52.6. The van der Waals surface area contributed by atoms with Crippen LogP contribution in [0, 0.1) is 0 Å². The predicted molar refractivity (Wildman–Crippen MR) is 130 cm³/mol. The molecular weight excluding hydrogens is 462 g/mol. The Hall–Kier alpha value is -3.47. The van der Waals surface area contributed by atoms with Gasteiger partial charge in [-0.2, -0.15) is 0 Å². The molecule has 0 atom stereocenters. The van der Waals surface area contributed by atoms with Gasteiger partial charge in [-0.25, -0.2) is 21.1 Å². The maximum atomic E-state index is 12.5. The van der Waals surface area contributed by atoms with Crippen LogP contribution in [0.4, 0.5) is 11.4 Å². The van der Waals surface area contributed by atoms with E-state index in [0.717, 1.165) is 15.3 Å². The molecule has 0 aliphatic carbocycles. The molecular formula is C23H23N3O5S2. The Labute approximate surface area is 193 Å². The molecule has 0 aliphatic rings. The van der Waals surface area contributed by atoms with Gasteiger partial charge in [0.25, 0.3) is 15.9 Å². The second kappa shape index (κ2) is 9.99. The van der Waals surface area contributed by atoms with Crippen molar-refractivity contribution in [3.8, 4) is 0 Å². The SMILES string of the molecule is CN(C)S(=O)(=O)c1cccc(NC(=O)c2ccc(NS(=O)(=O)/C=C/c3ccccc3)cc2)c1. The van der Waals surface area contributed by atoms with Gasteiger partial charge in [0.1, 0.15) is 0 Å². The average molecular weight is 486 g/mol. The summed E-state index contributed by atoms with van der Waals surface area (Å²) in [6, 6.07) is 20.8. The van der Waals surface area contributed by atoms with Gasteiger partial charge in [-0.05, 0) is 54.1 Å². The first kappa shape index (κ1) is 24.2. The lowest BCUT2D eigenvalue weighted by molar-refractivity contribution is 0.102. The number of carbonyl (C=O) groups excluding carboxylic acids is 1. The first-order valence-electron chi connectivity index (χ1n) is 9.77. The fraction of sp³-hybridized carbons (Fsp3) is 0.0870. The molecule has 0 bridgehead atoms. The molecule has 0 aliphatic heterocycles. The van der Waals surface area contributed by atoms with E-state index < -0.39 is 26.0 Å². The van der Waals surface area contributed by atoms with Crippen molar-refractivity contribution in [3.05, 3.63) is 95.4 Å². The van der Waals surface area contributed by atoms with Gasteiger partial charge in [0.05, 0.1) is 10.3 Å². The third-order valence-corrected chi connectivity index (χ3v) is 7.34. The molecule has 0 spiro atoms. The van der Waals surface area contributed by atoms with E-state index in [1.807, 2.05) is 6.07 Å². The van der Waals surface area contributed by atoms with Gasteiger partial charge in [0, 0.05) is 31.0 Å². The van der Waals surface area contributed by atoms with E-state index in [1.54, 1.807) is 30.3 Å². The van der Waals surface area contributed by atoms with Crippen molar-refractivity contribution in [2.45, 2.75) is 4.90 Å². The maximum absolute atomic E-state index is 12.5. The highest BCUT2D eigenvalue weighted by Crippen LogP contribution is 2.19. The number of nitrogens with zero attached hydrogens (tertiary/aromatic N) is 1. The number of carbonyl (C=O) groups is 1. The smallest absolute Gasteiger partial charge is 0.255 e. The van der Waals surface area contributed by atoms with Crippen LogP contribution in [0.2, 0.25) is 0 Å². The summed E-state index contributed by atoms with van der Waals surface area (Å²) >= 11 is 0. The summed E-state index contributed by atoms with van der Waals surface area (Å²) in [6.45, 7) is 0. The summed E-state index contributed by atoms with van der Waals surface area (Å²) in [4.78, 5) is 12.6. The molecule has 0 fully saturated rings. The lowest BCUT2D eigenvalue weighted by Crippen LogP contribution is -2.22. The standard InChI is InChI=1S/C23H23N3O5S2/c1-26(2)33(30,31)22-10-6-9-21(17-22)24-23(27)19-11-13-20(14-12-19)25-32(28,29)16-15-18-7-4-3-5-8-18/h3-17,25H,1-2H3,(H,24,27)/b16-15+. The molecule has 0 heterocycles. The molecule has 8 nitrogen and oxygen atoms in total. The zero-order chi connectivity index (χ0) is 24.1. The van der Waals surface area contributed by atoms with Crippen LogP contribution in [0.3, 0.4) is 0 Å². The van der Waals surface area contributed by atoms with E-state index >= 15 is 0 Å². The number of anilines is 2. The molecule has 0 radical (unpaired) electrons. The second-order valence-electron chi connectivity index (χ2n) is 7.21.